The largest absolute Gasteiger partial charge is 0.495 e. The number of aryl methyl sites for hydroxylation is 1. The molecule has 0 atom stereocenters. The average Bonchev–Trinajstić information content (AvgIpc) is 2.46. The van der Waals surface area contributed by atoms with Crippen LogP contribution in [0.4, 0.5) is 5.69 Å². The number of ether oxygens (including phenoxy) is 1. The van der Waals surface area contributed by atoms with Crippen molar-refractivity contribution in [3.63, 3.8) is 0 Å². The summed E-state index contributed by atoms with van der Waals surface area (Å²) >= 11 is 6.96. The summed E-state index contributed by atoms with van der Waals surface area (Å²) in [5, 5.41) is 3.31. The number of methoxy groups -OCH3 is 1. The summed E-state index contributed by atoms with van der Waals surface area (Å²) in [6.07, 6.45) is 1.82. The molecule has 2 rings (SSSR count). The first-order chi connectivity index (χ1) is 10.0. The van der Waals surface area contributed by atoms with Gasteiger partial charge in [0.15, 0.2) is 0 Å². The quantitative estimate of drug-likeness (QED) is 0.802. The van der Waals surface area contributed by atoms with Crippen molar-refractivity contribution in [1.82, 2.24) is 4.57 Å². The third-order valence-electron chi connectivity index (χ3n) is 3.10. The smallest absolute Gasteiger partial charge is 0.250 e. The highest BCUT2D eigenvalue weighted by Crippen LogP contribution is 2.33. The van der Waals surface area contributed by atoms with Crippen LogP contribution >= 0.6 is 31.9 Å². The lowest BCUT2D eigenvalue weighted by molar-refractivity contribution is 0.407. The summed E-state index contributed by atoms with van der Waals surface area (Å²) in [5.41, 5.74) is 1.92. The zero-order valence-electron chi connectivity index (χ0n) is 11.8. The van der Waals surface area contributed by atoms with E-state index in [-0.39, 0.29) is 5.56 Å². The molecule has 0 radical (unpaired) electrons. The zero-order chi connectivity index (χ0) is 15.4. The normalized spacial score (nSPS) is 10.5. The van der Waals surface area contributed by atoms with Gasteiger partial charge in [-0.2, -0.15) is 0 Å². The van der Waals surface area contributed by atoms with E-state index in [1.54, 1.807) is 23.8 Å². The minimum absolute atomic E-state index is 0.00540. The van der Waals surface area contributed by atoms with E-state index in [4.69, 9.17) is 4.74 Å². The van der Waals surface area contributed by atoms with Crippen molar-refractivity contribution >= 4 is 37.5 Å². The number of halogens is 2. The molecule has 1 heterocycles. The Morgan fingerprint density at radius 1 is 1.29 bits per heavy atom. The zero-order valence-corrected chi connectivity index (χ0v) is 15.0. The average molecular weight is 416 g/mol. The standard InChI is InChI=1S/C15H16Br2N2O2/c1-3-19-9-12(4-5-14(19)20)18-8-10-6-11(16)7-13(17)15(10)21-2/h4-7,9,18H,3,8H2,1-2H3. The van der Waals surface area contributed by atoms with Gasteiger partial charge in [0, 0.05) is 35.4 Å². The van der Waals surface area contributed by atoms with Crippen LogP contribution < -0.4 is 15.6 Å². The van der Waals surface area contributed by atoms with Crippen molar-refractivity contribution in [3.05, 3.63) is 55.3 Å². The van der Waals surface area contributed by atoms with E-state index in [0.29, 0.717) is 13.1 Å². The Balaban J connectivity index is 2.22. The second kappa shape index (κ2) is 7.13. The molecule has 0 spiro atoms. The van der Waals surface area contributed by atoms with Crippen molar-refractivity contribution in [2.45, 2.75) is 20.0 Å². The molecule has 0 saturated heterocycles. The fourth-order valence-corrected chi connectivity index (χ4v) is 3.53. The van der Waals surface area contributed by atoms with Gasteiger partial charge in [0.1, 0.15) is 5.75 Å². The van der Waals surface area contributed by atoms with Gasteiger partial charge in [0.25, 0.3) is 5.56 Å². The van der Waals surface area contributed by atoms with Crippen LogP contribution in [0.1, 0.15) is 12.5 Å². The number of nitrogens with one attached hydrogen (secondary N) is 1. The first kappa shape index (κ1) is 16.1. The molecule has 0 aliphatic heterocycles. The molecule has 1 N–H and O–H groups in total. The molecule has 0 saturated carbocycles. The number of pyridine rings is 1. The molecular weight excluding hydrogens is 400 g/mol. The van der Waals surface area contributed by atoms with E-state index in [0.717, 1.165) is 25.9 Å². The summed E-state index contributed by atoms with van der Waals surface area (Å²) in [7, 11) is 1.65. The second-order valence-corrected chi connectivity index (χ2v) is 6.25. The maximum Gasteiger partial charge on any atom is 0.250 e. The molecule has 2 aromatic rings. The van der Waals surface area contributed by atoms with Crippen LogP contribution in [0.5, 0.6) is 5.75 Å². The maximum atomic E-state index is 11.6. The van der Waals surface area contributed by atoms with Crippen molar-refractivity contribution in [3.8, 4) is 5.75 Å². The maximum absolute atomic E-state index is 11.6. The molecule has 0 amide bonds. The first-order valence-electron chi connectivity index (χ1n) is 6.51. The molecule has 1 aromatic carbocycles. The number of benzene rings is 1. The molecule has 21 heavy (non-hydrogen) atoms. The Hall–Kier alpha value is -1.27. The number of rotatable bonds is 5. The topological polar surface area (TPSA) is 43.3 Å². The molecule has 0 aliphatic rings. The van der Waals surface area contributed by atoms with E-state index >= 15 is 0 Å². The third kappa shape index (κ3) is 3.89. The minimum atomic E-state index is 0.00540. The van der Waals surface area contributed by atoms with Gasteiger partial charge in [-0.15, -0.1) is 0 Å². The van der Waals surface area contributed by atoms with Gasteiger partial charge in [-0.1, -0.05) is 15.9 Å². The van der Waals surface area contributed by atoms with E-state index in [2.05, 4.69) is 37.2 Å². The van der Waals surface area contributed by atoms with Gasteiger partial charge in [0.2, 0.25) is 0 Å². The highest BCUT2D eigenvalue weighted by Gasteiger charge is 2.09. The number of hydrogen-bond acceptors (Lipinski definition) is 3. The van der Waals surface area contributed by atoms with E-state index < -0.39 is 0 Å². The van der Waals surface area contributed by atoms with Crippen LogP contribution in [0.3, 0.4) is 0 Å². The fraction of sp³-hybridized carbons (Fsp3) is 0.267. The lowest BCUT2D eigenvalue weighted by Gasteiger charge is -2.13. The molecular formula is C15H16Br2N2O2. The molecule has 0 bridgehead atoms. The molecule has 0 aliphatic carbocycles. The molecule has 1 aromatic heterocycles. The number of nitrogens with zero attached hydrogens (tertiary/aromatic N) is 1. The van der Waals surface area contributed by atoms with Gasteiger partial charge in [-0.05, 0) is 41.1 Å². The summed E-state index contributed by atoms with van der Waals surface area (Å²) in [5.74, 6) is 0.800. The number of anilines is 1. The SMILES string of the molecule is CCn1cc(NCc2cc(Br)cc(Br)c2OC)ccc1=O. The van der Waals surface area contributed by atoms with E-state index in [1.807, 2.05) is 25.3 Å². The van der Waals surface area contributed by atoms with Gasteiger partial charge in [0.05, 0.1) is 17.3 Å². The first-order valence-corrected chi connectivity index (χ1v) is 8.10. The fourth-order valence-electron chi connectivity index (χ4n) is 2.05. The Morgan fingerprint density at radius 3 is 2.71 bits per heavy atom. The van der Waals surface area contributed by atoms with Crippen LogP contribution in [0.25, 0.3) is 0 Å². The highest BCUT2D eigenvalue weighted by atomic mass is 79.9. The minimum Gasteiger partial charge on any atom is -0.495 e. The van der Waals surface area contributed by atoms with Gasteiger partial charge < -0.3 is 14.6 Å². The molecule has 0 fully saturated rings. The predicted octanol–water partition coefficient (Wildman–Crippen LogP) is 4.01. The third-order valence-corrected chi connectivity index (χ3v) is 4.14. The van der Waals surface area contributed by atoms with E-state index in [1.165, 1.54) is 0 Å². The van der Waals surface area contributed by atoms with Crippen LogP contribution in [0.2, 0.25) is 0 Å². The highest BCUT2D eigenvalue weighted by molar-refractivity contribution is 9.11. The Kier molecular flexibility index (Phi) is 5.47. The van der Waals surface area contributed by atoms with Crippen molar-refractivity contribution < 1.29 is 4.74 Å². The van der Waals surface area contributed by atoms with Gasteiger partial charge in [-0.25, -0.2) is 0 Å². The lowest BCUT2D eigenvalue weighted by atomic mass is 10.2. The monoisotopic (exact) mass is 414 g/mol. The molecule has 112 valence electrons. The number of aromatic nitrogens is 1. The Bertz CT molecular complexity index is 699. The summed E-state index contributed by atoms with van der Waals surface area (Å²) in [6, 6.07) is 7.31. The van der Waals surface area contributed by atoms with Crippen molar-refractivity contribution in [2.24, 2.45) is 0 Å². The van der Waals surface area contributed by atoms with Crippen molar-refractivity contribution in [2.75, 3.05) is 12.4 Å². The summed E-state index contributed by atoms with van der Waals surface area (Å²) in [4.78, 5) is 11.6. The van der Waals surface area contributed by atoms with Crippen LogP contribution in [0.15, 0.2) is 44.2 Å². The summed E-state index contributed by atoms with van der Waals surface area (Å²) in [6.45, 7) is 3.20. The molecule has 4 nitrogen and oxygen atoms in total. The number of hydrogen-bond donors (Lipinski definition) is 1. The van der Waals surface area contributed by atoms with Gasteiger partial charge >= 0.3 is 0 Å². The predicted molar refractivity (Wildman–Crippen MR) is 92.1 cm³/mol. The van der Waals surface area contributed by atoms with Crippen LogP contribution in [0, 0.1) is 0 Å². The van der Waals surface area contributed by atoms with E-state index in [9.17, 15) is 4.79 Å². The second-order valence-electron chi connectivity index (χ2n) is 4.48. The molecule has 0 unspecified atom stereocenters. The van der Waals surface area contributed by atoms with Gasteiger partial charge in [-0.3, -0.25) is 4.79 Å². The van der Waals surface area contributed by atoms with Crippen molar-refractivity contribution in [1.29, 1.82) is 0 Å². The van der Waals surface area contributed by atoms with Crippen LogP contribution in [-0.2, 0) is 13.1 Å². The lowest BCUT2D eigenvalue weighted by Crippen LogP contribution is -2.17. The summed E-state index contributed by atoms with van der Waals surface area (Å²) < 4.78 is 8.96. The van der Waals surface area contributed by atoms with Crippen LogP contribution in [-0.4, -0.2) is 11.7 Å². The molecule has 6 heteroatoms. The Morgan fingerprint density at radius 2 is 2.05 bits per heavy atom. The Labute approximate surface area is 140 Å².